The maximum atomic E-state index is 15.1. The first-order valence-corrected chi connectivity index (χ1v) is 13.7. The highest BCUT2D eigenvalue weighted by Gasteiger charge is 2.30. The summed E-state index contributed by atoms with van der Waals surface area (Å²) in [5.74, 6) is -1.10. The molecule has 7 nitrogen and oxygen atoms in total. The van der Waals surface area contributed by atoms with Crippen LogP contribution in [0.2, 0.25) is 10.0 Å². The zero-order chi connectivity index (χ0) is 28.6. The standard InChI is InChI=1S/C28H22Cl2F2N4O3S/c1-28(2,16-4-9-20(29)23(12-16)38-3)24-13-33-26(36(24)18-7-5-17(31)6-8-18)40-14-19-21(30)10-15(11-22(19)32)25-34-35-27(37)39-25/h4-13H,14H2,1-3H3,(H,35,37). The smallest absolute Gasteiger partial charge is 0.434 e. The van der Waals surface area contributed by atoms with E-state index in [-0.39, 0.29) is 33.6 Å². The second kappa shape index (κ2) is 11.1. The summed E-state index contributed by atoms with van der Waals surface area (Å²) in [5.41, 5.74) is 2.29. The van der Waals surface area contributed by atoms with Crippen LogP contribution in [0.15, 0.2) is 75.2 Å². The van der Waals surface area contributed by atoms with Gasteiger partial charge in [-0.25, -0.2) is 23.7 Å². The van der Waals surface area contributed by atoms with Gasteiger partial charge in [-0.1, -0.05) is 54.9 Å². The highest BCUT2D eigenvalue weighted by molar-refractivity contribution is 7.98. The molecule has 3 aromatic carbocycles. The predicted molar refractivity (Wildman–Crippen MR) is 151 cm³/mol. The number of nitrogens with zero attached hydrogens (tertiary/aromatic N) is 3. The number of hydrogen-bond donors (Lipinski definition) is 1. The Labute approximate surface area is 242 Å². The molecule has 0 saturated carbocycles. The van der Waals surface area contributed by atoms with E-state index in [0.29, 0.717) is 21.6 Å². The number of aromatic amines is 1. The fourth-order valence-electron chi connectivity index (χ4n) is 4.27. The van der Waals surface area contributed by atoms with Gasteiger partial charge in [0.2, 0.25) is 5.89 Å². The quantitative estimate of drug-likeness (QED) is 0.186. The van der Waals surface area contributed by atoms with Crippen LogP contribution in [0.5, 0.6) is 5.75 Å². The van der Waals surface area contributed by atoms with Crippen molar-refractivity contribution in [3.63, 3.8) is 0 Å². The summed E-state index contributed by atoms with van der Waals surface area (Å²) in [6, 6.07) is 14.3. The van der Waals surface area contributed by atoms with Gasteiger partial charge in [-0.15, -0.1) is 5.10 Å². The zero-order valence-electron chi connectivity index (χ0n) is 21.5. The molecule has 0 aliphatic rings. The summed E-state index contributed by atoms with van der Waals surface area (Å²) in [4.78, 5) is 15.9. The number of halogens is 4. The third-order valence-corrected chi connectivity index (χ3v) is 8.13. The lowest BCUT2D eigenvalue weighted by Crippen LogP contribution is -2.23. The van der Waals surface area contributed by atoms with Crippen LogP contribution in [0, 0.1) is 11.6 Å². The Hall–Kier alpha value is -3.60. The Morgan fingerprint density at radius 3 is 2.48 bits per heavy atom. The van der Waals surface area contributed by atoms with Crippen molar-refractivity contribution in [1.82, 2.24) is 19.7 Å². The Kier molecular flexibility index (Phi) is 7.76. The van der Waals surface area contributed by atoms with Gasteiger partial charge in [0.05, 0.1) is 24.0 Å². The molecule has 0 unspecified atom stereocenters. The van der Waals surface area contributed by atoms with Crippen molar-refractivity contribution in [2.45, 2.75) is 30.2 Å². The lowest BCUT2D eigenvalue weighted by Gasteiger charge is -2.28. The van der Waals surface area contributed by atoms with Crippen molar-refractivity contribution in [2.75, 3.05) is 7.11 Å². The molecular weight excluding hydrogens is 581 g/mol. The highest BCUT2D eigenvalue weighted by atomic mass is 35.5. The van der Waals surface area contributed by atoms with Crippen LogP contribution in [-0.2, 0) is 11.2 Å². The van der Waals surface area contributed by atoms with E-state index in [1.165, 1.54) is 36.0 Å². The largest absolute Gasteiger partial charge is 0.495 e. The Morgan fingerprint density at radius 2 is 1.82 bits per heavy atom. The molecule has 0 aliphatic heterocycles. The van der Waals surface area contributed by atoms with Crippen LogP contribution >= 0.6 is 35.0 Å². The van der Waals surface area contributed by atoms with Gasteiger partial charge in [0.1, 0.15) is 17.4 Å². The van der Waals surface area contributed by atoms with Crippen molar-refractivity contribution in [3.8, 4) is 22.9 Å². The molecule has 2 aromatic heterocycles. The van der Waals surface area contributed by atoms with Crippen LogP contribution in [0.3, 0.4) is 0 Å². The minimum Gasteiger partial charge on any atom is -0.495 e. The fourth-order valence-corrected chi connectivity index (χ4v) is 5.84. The molecule has 1 N–H and O–H groups in total. The van der Waals surface area contributed by atoms with Gasteiger partial charge >= 0.3 is 5.76 Å². The minimum absolute atomic E-state index is 0.0671. The molecule has 40 heavy (non-hydrogen) atoms. The number of H-pyrrole nitrogens is 1. The maximum Gasteiger partial charge on any atom is 0.434 e. The summed E-state index contributed by atoms with van der Waals surface area (Å²) in [7, 11) is 1.55. The number of aromatic nitrogens is 4. The van der Waals surface area contributed by atoms with Crippen molar-refractivity contribution in [2.24, 2.45) is 0 Å². The van der Waals surface area contributed by atoms with E-state index in [0.717, 1.165) is 11.3 Å². The van der Waals surface area contributed by atoms with Crippen LogP contribution < -0.4 is 10.5 Å². The number of benzene rings is 3. The average molecular weight is 603 g/mol. The summed E-state index contributed by atoms with van der Waals surface area (Å²) in [5, 5.41) is 7.04. The molecule has 0 radical (unpaired) electrons. The van der Waals surface area contributed by atoms with Gasteiger partial charge in [-0.3, -0.25) is 4.57 Å². The fraction of sp³-hybridized carbons (Fsp3) is 0.179. The Bertz CT molecular complexity index is 1730. The number of ether oxygens (including phenoxy) is 1. The van der Waals surface area contributed by atoms with Gasteiger partial charge in [0, 0.05) is 33.0 Å². The molecule has 5 aromatic rings. The zero-order valence-corrected chi connectivity index (χ0v) is 23.8. The molecule has 0 bridgehead atoms. The first-order chi connectivity index (χ1) is 19.1. The minimum atomic E-state index is -0.755. The van der Waals surface area contributed by atoms with E-state index in [9.17, 15) is 9.18 Å². The van der Waals surface area contributed by atoms with E-state index in [4.69, 9.17) is 32.4 Å². The number of rotatable bonds is 8. The summed E-state index contributed by atoms with van der Waals surface area (Å²) in [6.45, 7) is 4.06. The van der Waals surface area contributed by atoms with Crippen LogP contribution in [0.1, 0.15) is 30.7 Å². The number of thioether (sulfide) groups is 1. The van der Waals surface area contributed by atoms with E-state index in [2.05, 4.69) is 15.2 Å². The molecule has 2 heterocycles. The molecule has 0 saturated heterocycles. The maximum absolute atomic E-state index is 15.1. The number of methoxy groups -OCH3 is 1. The highest BCUT2D eigenvalue weighted by Crippen LogP contribution is 2.40. The molecule has 0 spiro atoms. The SMILES string of the molecule is COc1cc(C(C)(C)c2cnc(SCc3c(F)cc(-c4n[nH]c(=O)o4)cc3Cl)n2-c2ccc(F)cc2)ccc1Cl. The van der Waals surface area contributed by atoms with Crippen molar-refractivity contribution in [1.29, 1.82) is 0 Å². The second-order valence-corrected chi connectivity index (χ2v) is 11.1. The molecule has 12 heteroatoms. The topological polar surface area (TPSA) is 85.9 Å². The molecule has 0 atom stereocenters. The molecule has 5 rings (SSSR count). The molecule has 206 valence electrons. The molecule has 0 aliphatic carbocycles. The van der Waals surface area contributed by atoms with Crippen LogP contribution in [-0.4, -0.2) is 26.9 Å². The second-order valence-electron chi connectivity index (χ2n) is 9.34. The normalized spacial score (nSPS) is 11.7. The third kappa shape index (κ3) is 5.39. The van der Waals surface area contributed by atoms with Gasteiger partial charge < -0.3 is 9.15 Å². The average Bonchev–Trinajstić information content (AvgIpc) is 3.55. The monoisotopic (exact) mass is 602 g/mol. The van der Waals surface area contributed by atoms with Crippen LogP contribution in [0.4, 0.5) is 8.78 Å². The Morgan fingerprint density at radius 1 is 1.07 bits per heavy atom. The predicted octanol–water partition coefficient (Wildman–Crippen LogP) is 7.43. The van der Waals surface area contributed by atoms with Gasteiger partial charge in [0.15, 0.2) is 5.16 Å². The first kappa shape index (κ1) is 27.9. The summed E-state index contributed by atoms with van der Waals surface area (Å²) < 4.78 is 41.2. The lowest BCUT2D eigenvalue weighted by atomic mass is 9.81. The van der Waals surface area contributed by atoms with Gasteiger partial charge in [0.25, 0.3) is 0 Å². The van der Waals surface area contributed by atoms with Crippen molar-refractivity contribution in [3.05, 3.63) is 110 Å². The number of imidazole rings is 1. The lowest BCUT2D eigenvalue weighted by molar-refractivity contribution is 0.413. The first-order valence-electron chi connectivity index (χ1n) is 11.9. The van der Waals surface area contributed by atoms with E-state index < -0.39 is 17.0 Å². The van der Waals surface area contributed by atoms with Crippen LogP contribution in [0.25, 0.3) is 17.1 Å². The van der Waals surface area contributed by atoms with Crippen molar-refractivity contribution < 1.29 is 17.9 Å². The number of hydrogen-bond acceptors (Lipinski definition) is 6. The summed E-state index contributed by atoms with van der Waals surface area (Å²) in [6.07, 6.45) is 1.74. The molecular formula is C28H22Cl2F2N4O3S. The Balaban J connectivity index is 1.53. The van der Waals surface area contributed by atoms with E-state index in [1.54, 1.807) is 31.5 Å². The van der Waals surface area contributed by atoms with Gasteiger partial charge in [-0.05, 0) is 54.1 Å². The van der Waals surface area contributed by atoms with E-state index in [1.807, 2.05) is 30.5 Å². The van der Waals surface area contributed by atoms with Crippen molar-refractivity contribution >= 4 is 35.0 Å². The molecule has 0 fully saturated rings. The van der Waals surface area contributed by atoms with E-state index >= 15 is 4.39 Å². The summed E-state index contributed by atoms with van der Waals surface area (Å²) >= 11 is 14.0. The van der Waals surface area contributed by atoms with Gasteiger partial charge in [-0.2, -0.15) is 0 Å². The number of nitrogens with one attached hydrogen (secondary N) is 1. The third-order valence-electron chi connectivity index (χ3n) is 6.50. The molecule has 0 amide bonds.